The quantitative estimate of drug-likeness (QED) is 0.323. The Kier molecular flexibility index (Phi) is 8.46. The van der Waals surface area contributed by atoms with E-state index in [9.17, 15) is 9.90 Å². The van der Waals surface area contributed by atoms with E-state index < -0.39 is 33.4 Å². The van der Waals surface area contributed by atoms with Gasteiger partial charge in [0, 0.05) is 48.0 Å². The van der Waals surface area contributed by atoms with Gasteiger partial charge in [-0.15, -0.1) is 11.8 Å². The minimum absolute atomic E-state index is 0.133. The normalized spacial score (nSPS) is 28.5. The van der Waals surface area contributed by atoms with Crippen molar-refractivity contribution in [3.8, 4) is 0 Å². The Morgan fingerprint density at radius 2 is 1.35 bits per heavy atom. The van der Waals surface area contributed by atoms with E-state index >= 15 is 9.59 Å². The molecule has 2 saturated heterocycles. The number of hydrogen-bond acceptors (Lipinski definition) is 6. The average molecular weight is 663 g/mol. The van der Waals surface area contributed by atoms with Crippen molar-refractivity contribution >= 4 is 46.5 Å². The lowest BCUT2D eigenvalue weighted by Crippen LogP contribution is -2.54. The highest BCUT2D eigenvalue weighted by atomic mass is 32.2. The summed E-state index contributed by atoms with van der Waals surface area (Å²) in [7, 11) is 0. The Morgan fingerprint density at radius 3 is 1.98 bits per heavy atom. The number of anilines is 3. The summed E-state index contributed by atoms with van der Waals surface area (Å²) >= 11 is 1.55. The molecular weight excluding hydrogens is 621 g/mol. The molecule has 4 aliphatic heterocycles. The summed E-state index contributed by atoms with van der Waals surface area (Å²) in [4.78, 5) is 52.3. The maximum absolute atomic E-state index is 15.1. The number of aliphatic hydroxyl groups is 1. The molecule has 2 fully saturated rings. The van der Waals surface area contributed by atoms with Crippen LogP contribution < -0.4 is 14.7 Å². The number of fused-ring (bicyclic) bond motifs is 2. The zero-order chi connectivity index (χ0) is 33.6. The van der Waals surface area contributed by atoms with E-state index in [1.54, 1.807) is 26.5 Å². The highest BCUT2D eigenvalue weighted by Gasteiger charge is 2.74. The van der Waals surface area contributed by atoms with E-state index in [-0.39, 0.29) is 24.3 Å². The number of carbonyl (C=O) groups is 3. The van der Waals surface area contributed by atoms with Gasteiger partial charge in [-0.3, -0.25) is 14.4 Å². The van der Waals surface area contributed by atoms with Crippen LogP contribution in [-0.2, 0) is 14.4 Å². The van der Waals surface area contributed by atoms with E-state index in [0.29, 0.717) is 13.1 Å². The van der Waals surface area contributed by atoms with Crippen molar-refractivity contribution in [2.24, 2.45) is 11.8 Å². The molecule has 3 aromatic carbocycles. The largest absolute Gasteiger partial charge is 0.394 e. The van der Waals surface area contributed by atoms with Crippen LogP contribution in [-0.4, -0.2) is 76.0 Å². The van der Waals surface area contributed by atoms with Gasteiger partial charge < -0.3 is 24.7 Å². The third-order valence-electron chi connectivity index (χ3n) is 10.5. The molecule has 3 aromatic rings. The zero-order valence-corrected chi connectivity index (χ0v) is 28.4. The monoisotopic (exact) mass is 662 g/mol. The molecule has 0 saturated carbocycles. The van der Waals surface area contributed by atoms with Gasteiger partial charge in [-0.25, -0.2) is 0 Å². The Morgan fingerprint density at radius 1 is 0.771 bits per heavy atom. The fourth-order valence-corrected chi connectivity index (χ4v) is 10.5. The van der Waals surface area contributed by atoms with Gasteiger partial charge in [-0.05, 0) is 62.7 Å². The van der Waals surface area contributed by atoms with Gasteiger partial charge in [-0.1, -0.05) is 72.8 Å². The maximum Gasteiger partial charge on any atom is 0.251 e. The molecule has 48 heavy (non-hydrogen) atoms. The molecule has 1 spiro atoms. The van der Waals surface area contributed by atoms with Gasteiger partial charge in [0.05, 0.1) is 29.2 Å². The molecule has 4 heterocycles. The number of hydrogen-bond donors (Lipinski definition) is 1. The SMILES string of the molecule is CCN(CC)c1ccc(N2CC=C[C@]34S[C@@]5(C)C=CCN(c6ccccc6)C(=O)[C@H]5[C@H]3C(=O)N([C@H](CO)c3ccccc3)C4C2=O)cc1. The fraction of sp³-hybridized carbons (Fsp3) is 0.359. The van der Waals surface area contributed by atoms with Crippen LogP contribution in [0.1, 0.15) is 32.4 Å². The van der Waals surface area contributed by atoms with Crippen molar-refractivity contribution < 1.29 is 19.5 Å². The number of likely N-dealkylation sites (tertiary alicyclic amines) is 1. The van der Waals surface area contributed by atoms with Crippen molar-refractivity contribution in [3.05, 3.63) is 115 Å². The highest BCUT2D eigenvalue weighted by Crippen LogP contribution is 2.66. The molecule has 248 valence electrons. The van der Waals surface area contributed by atoms with Crippen LogP contribution in [0, 0.1) is 11.8 Å². The molecule has 9 heteroatoms. The Bertz CT molecular complexity index is 1740. The molecular formula is C39H42N4O4S. The standard InChI is InChI=1S/C39H42N4O4S/c1-4-40(5-2)28-18-20-30(21-19-28)42-25-13-23-39-33(36(46)43(34(39)37(42)47)31(26-44)27-14-8-6-9-15-27)32-35(45)41(29-16-10-7-11-17-29)24-12-22-38(32,3)48-39/h6-23,31-34,44H,4-5,24-26H2,1-3H3/t31-,32-,33+,34?,38+,39+/m1/s1. The van der Waals surface area contributed by atoms with E-state index in [2.05, 4.69) is 24.8 Å². The second-order valence-electron chi connectivity index (χ2n) is 13.1. The van der Waals surface area contributed by atoms with Crippen molar-refractivity contribution in [1.29, 1.82) is 0 Å². The number of para-hydroxylation sites is 1. The molecule has 0 aromatic heterocycles. The van der Waals surface area contributed by atoms with Crippen LogP contribution in [0.3, 0.4) is 0 Å². The number of aliphatic hydroxyl groups excluding tert-OH is 1. The molecule has 0 radical (unpaired) electrons. The summed E-state index contributed by atoms with van der Waals surface area (Å²) in [6.07, 6.45) is 8.10. The minimum atomic E-state index is -1.04. The number of rotatable bonds is 8. The Balaban J connectivity index is 1.36. The first-order valence-electron chi connectivity index (χ1n) is 16.8. The summed E-state index contributed by atoms with van der Waals surface area (Å²) in [6, 6.07) is 25.2. The summed E-state index contributed by atoms with van der Waals surface area (Å²) < 4.78 is -1.77. The lowest BCUT2D eigenvalue weighted by atomic mass is 9.74. The van der Waals surface area contributed by atoms with Gasteiger partial charge in [0.2, 0.25) is 11.8 Å². The second kappa shape index (κ2) is 12.6. The molecule has 4 aliphatic rings. The van der Waals surface area contributed by atoms with Crippen molar-refractivity contribution in [2.45, 2.75) is 42.3 Å². The molecule has 3 amide bonds. The first-order chi connectivity index (χ1) is 23.3. The van der Waals surface area contributed by atoms with Crippen LogP contribution in [0.25, 0.3) is 0 Å². The van der Waals surface area contributed by atoms with E-state index in [4.69, 9.17) is 0 Å². The second-order valence-corrected chi connectivity index (χ2v) is 14.9. The maximum atomic E-state index is 15.1. The minimum Gasteiger partial charge on any atom is -0.394 e. The van der Waals surface area contributed by atoms with Crippen molar-refractivity contribution in [2.75, 3.05) is 47.5 Å². The number of thioether (sulfide) groups is 1. The van der Waals surface area contributed by atoms with Gasteiger partial charge in [0.25, 0.3) is 5.91 Å². The number of nitrogens with zero attached hydrogens (tertiary/aromatic N) is 4. The van der Waals surface area contributed by atoms with E-state index in [0.717, 1.165) is 35.7 Å². The van der Waals surface area contributed by atoms with Crippen LogP contribution in [0.4, 0.5) is 17.1 Å². The molecule has 7 rings (SSSR count). The number of benzene rings is 3. The topological polar surface area (TPSA) is 84.4 Å². The molecule has 1 N–H and O–H groups in total. The summed E-state index contributed by atoms with van der Waals surface area (Å²) in [5.74, 6) is -2.18. The fourth-order valence-electron chi connectivity index (χ4n) is 8.33. The van der Waals surface area contributed by atoms with Crippen LogP contribution in [0.5, 0.6) is 0 Å². The first-order valence-corrected chi connectivity index (χ1v) is 17.7. The van der Waals surface area contributed by atoms with Crippen LogP contribution in [0.2, 0.25) is 0 Å². The molecule has 0 bridgehead atoms. The van der Waals surface area contributed by atoms with Gasteiger partial charge >= 0.3 is 0 Å². The average Bonchev–Trinajstić information content (AvgIpc) is 3.38. The molecule has 0 aliphatic carbocycles. The van der Waals surface area contributed by atoms with E-state index in [1.165, 1.54) is 0 Å². The molecule has 1 unspecified atom stereocenters. The van der Waals surface area contributed by atoms with Crippen LogP contribution >= 0.6 is 11.8 Å². The summed E-state index contributed by atoms with van der Waals surface area (Å²) in [5.41, 5.74) is 3.33. The molecule has 8 nitrogen and oxygen atoms in total. The third-order valence-corrected chi connectivity index (χ3v) is 12.3. The van der Waals surface area contributed by atoms with E-state index in [1.807, 2.05) is 110 Å². The Hall–Kier alpha value is -4.34. The predicted octanol–water partition coefficient (Wildman–Crippen LogP) is 5.46. The highest BCUT2D eigenvalue weighted by molar-refractivity contribution is 8.02. The Labute approximate surface area is 286 Å². The lowest BCUT2D eigenvalue weighted by Gasteiger charge is -2.40. The predicted molar refractivity (Wildman–Crippen MR) is 192 cm³/mol. The van der Waals surface area contributed by atoms with Gasteiger partial charge in [0.15, 0.2) is 0 Å². The lowest BCUT2D eigenvalue weighted by molar-refractivity contribution is -0.142. The number of carbonyl (C=O) groups excluding carboxylic acids is 3. The number of amides is 3. The molecule has 6 atom stereocenters. The third kappa shape index (κ3) is 4.98. The summed E-state index contributed by atoms with van der Waals surface area (Å²) in [5, 5.41) is 10.9. The smallest absolute Gasteiger partial charge is 0.251 e. The van der Waals surface area contributed by atoms with Crippen molar-refractivity contribution in [1.82, 2.24) is 4.90 Å². The van der Waals surface area contributed by atoms with Gasteiger partial charge in [0.1, 0.15) is 6.04 Å². The summed E-state index contributed by atoms with van der Waals surface area (Å²) in [6.45, 7) is 8.37. The zero-order valence-electron chi connectivity index (χ0n) is 27.6. The first kappa shape index (κ1) is 32.2. The van der Waals surface area contributed by atoms with Crippen molar-refractivity contribution in [3.63, 3.8) is 0 Å². The van der Waals surface area contributed by atoms with Gasteiger partial charge in [-0.2, -0.15) is 0 Å². The van der Waals surface area contributed by atoms with Crippen LogP contribution in [0.15, 0.2) is 109 Å².